The van der Waals surface area contributed by atoms with E-state index in [2.05, 4.69) is 30.1 Å². The number of hydrogen-bond acceptors (Lipinski definition) is 5. The monoisotopic (exact) mass is 510 g/mol. The highest BCUT2D eigenvalue weighted by molar-refractivity contribution is 7.16. The standard InChI is InChI=1S/C31H30N2O3S/c1-2-9-24-18-23(15-16-27(24)36-21-22-10-4-3-5-11-22)19-33-31-29(26-13-6-7-14-28(26)37-31)30(34)32-20-25-12-8-17-35-25/h2-5,8,10-12,15-19H,1,6-7,9,13-14,20-21H2,(H,32,34). The normalized spacial score (nSPS) is 12.9. The van der Waals surface area contributed by atoms with Crippen molar-refractivity contribution in [3.8, 4) is 5.75 Å². The van der Waals surface area contributed by atoms with E-state index in [9.17, 15) is 4.79 Å². The fourth-order valence-electron chi connectivity index (χ4n) is 4.55. The van der Waals surface area contributed by atoms with Crippen LogP contribution in [0.15, 0.2) is 89.0 Å². The van der Waals surface area contributed by atoms with Crippen molar-refractivity contribution in [3.63, 3.8) is 0 Å². The number of thiophene rings is 1. The molecule has 0 radical (unpaired) electrons. The summed E-state index contributed by atoms with van der Waals surface area (Å²) in [5.41, 5.74) is 4.99. The fourth-order valence-corrected chi connectivity index (χ4v) is 5.78. The summed E-state index contributed by atoms with van der Waals surface area (Å²) in [5, 5.41) is 3.77. The van der Waals surface area contributed by atoms with Crippen LogP contribution in [-0.4, -0.2) is 12.1 Å². The molecule has 2 heterocycles. The molecule has 37 heavy (non-hydrogen) atoms. The Morgan fingerprint density at radius 3 is 2.78 bits per heavy atom. The number of rotatable bonds is 10. The first-order chi connectivity index (χ1) is 18.2. The van der Waals surface area contributed by atoms with E-state index in [1.165, 1.54) is 4.88 Å². The fraction of sp³-hybridized carbons (Fsp3) is 0.226. The van der Waals surface area contributed by atoms with Gasteiger partial charge in [-0.15, -0.1) is 17.9 Å². The summed E-state index contributed by atoms with van der Waals surface area (Å²) in [5.74, 6) is 1.47. The lowest BCUT2D eigenvalue weighted by molar-refractivity contribution is 0.0948. The zero-order valence-corrected chi connectivity index (χ0v) is 21.6. The molecule has 1 aliphatic rings. The lowest BCUT2D eigenvalue weighted by Gasteiger charge is -2.12. The Labute approximate surface area is 221 Å². The summed E-state index contributed by atoms with van der Waals surface area (Å²) in [7, 11) is 0. The average molecular weight is 511 g/mol. The quantitative estimate of drug-likeness (QED) is 0.181. The number of nitrogens with one attached hydrogen (secondary N) is 1. The number of hydrogen-bond donors (Lipinski definition) is 1. The molecule has 5 nitrogen and oxygen atoms in total. The molecule has 188 valence electrons. The van der Waals surface area contributed by atoms with E-state index in [0.717, 1.165) is 64.4 Å². The van der Waals surface area contributed by atoms with Gasteiger partial charge in [0.05, 0.1) is 18.4 Å². The average Bonchev–Trinajstić information content (AvgIpc) is 3.58. The highest BCUT2D eigenvalue weighted by Gasteiger charge is 2.25. The lowest BCUT2D eigenvalue weighted by Crippen LogP contribution is -2.23. The second kappa shape index (κ2) is 11.9. The van der Waals surface area contributed by atoms with Gasteiger partial charge in [-0.05, 0) is 84.7 Å². The first-order valence-electron chi connectivity index (χ1n) is 12.6. The molecule has 0 atom stereocenters. The summed E-state index contributed by atoms with van der Waals surface area (Å²) in [6.07, 6.45) is 10.2. The number of aliphatic imine (C=N–C) groups is 1. The Morgan fingerprint density at radius 2 is 1.97 bits per heavy atom. The molecule has 1 aliphatic carbocycles. The van der Waals surface area contributed by atoms with E-state index < -0.39 is 0 Å². The number of carbonyl (C=O) groups is 1. The molecule has 1 N–H and O–H groups in total. The molecule has 0 aliphatic heterocycles. The number of carbonyl (C=O) groups excluding carboxylic acids is 1. The van der Waals surface area contributed by atoms with E-state index in [1.807, 2.05) is 54.8 Å². The maximum Gasteiger partial charge on any atom is 0.255 e. The molecular weight excluding hydrogens is 480 g/mol. The van der Waals surface area contributed by atoms with Crippen LogP contribution in [0.1, 0.15) is 56.1 Å². The van der Waals surface area contributed by atoms with Crippen LogP contribution in [0.2, 0.25) is 0 Å². The van der Waals surface area contributed by atoms with Crippen LogP contribution in [-0.2, 0) is 32.4 Å². The van der Waals surface area contributed by atoms with Crippen LogP contribution in [0.3, 0.4) is 0 Å². The summed E-state index contributed by atoms with van der Waals surface area (Å²) in [6.45, 7) is 4.77. The topological polar surface area (TPSA) is 63.8 Å². The van der Waals surface area contributed by atoms with Gasteiger partial charge in [0.2, 0.25) is 0 Å². The van der Waals surface area contributed by atoms with E-state index >= 15 is 0 Å². The van der Waals surface area contributed by atoms with Gasteiger partial charge in [0.25, 0.3) is 5.91 Å². The van der Waals surface area contributed by atoms with Crippen LogP contribution in [0.4, 0.5) is 5.00 Å². The van der Waals surface area contributed by atoms with Crippen molar-refractivity contribution >= 4 is 28.5 Å². The molecule has 1 amide bonds. The van der Waals surface area contributed by atoms with Crippen molar-refractivity contribution < 1.29 is 13.9 Å². The van der Waals surface area contributed by atoms with Crippen LogP contribution in [0.25, 0.3) is 0 Å². The Balaban J connectivity index is 1.36. The van der Waals surface area contributed by atoms with Crippen LogP contribution >= 0.6 is 11.3 Å². The highest BCUT2D eigenvalue weighted by Crippen LogP contribution is 2.40. The van der Waals surface area contributed by atoms with Crippen molar-refractivity contribution in [2.24, 2.45) is 4.99 Å². The number of ether oxygens (including phenoxy) is 1. The smallest absolute Gasteiger partial charge is 0.255 e. The van der Waals surface area contributed by atoms with E-state index in [-0.39, 0.29) is 5.91 Å². The van der Waals surface area contributed by atoms with Gasteiger partial charge < -0.3 is 14.5 Å². The van der Waals surface area contributed by atoms with Crippen LogP contribution < -0.4 is 10.1 Å². The molecule has 0 bridgehead atoms. The summed E-state index contributed by atoms with van der Waals surface area (Å²) in [6, 6.07) is 19.9. The number of amides is 1. The van der Waals surface area contributed by atoms with Crippen molar-refractivity contribution in [1.29, 1.82) is 0 Å². The Hall–Kier alpha value is -3.90. The third-order valence-corrected chi connectivity index (χ3v) is 7.60. The lowest BCUT2D eigenvalue weighted by atomic mass is 9.95. The molecule has 0 saturated heterocycles. The zero-order valence-electron chi connectivity index (χ0n) is 20.7. The molecule has 5 rings (SSSR count). The van der Waals surface area contributed by atoms with Crippen LogP contribution in [0, 0.1) is 0 Å². The van der Waals surface area contributed by atoms with E-state index in [1.54, 1.807) is 17.6 Å². The first-order valence-corrected chi connectivity index (χ1v) is 13.4. The SMILES string of the molecule is C=CCc1cc(C=Nc2sc3c(c2C(=O)NCc2ccco2)CCCC3)ccc1OCc1ccccc1. The molecular formula is C31H30N2O3S. The summed E-state index contributed by atoms with van der Waals surface area (Å²) < 4.78 is 11.5. The predicted octanol–water partition coefficient (Wildman–Crippen LogP) is 7.21. The molecule has 0 unspecified atom stereocenters. The van der Waals surface area contributed by atoms with Gasteiger partial charge in [0.15, 0.2) is 0 Å². The molecule has 0 spiro atoms. The van der Waals surface area contributed by atoms with Gasteiger partial charge in [-0.3, -0.25) is 4.79 Å². The largest absolute Gasteiger partial charge is 0.489 e. The maximum atomic E-state index is 13.2. The minimum Gasteiger partial charge on any atom is -0.489 e. The predicted molar refractivity (Wildman–Crippen MR) is 149 cm³/mol. The molecule has 0 fully saturated rings. The summed E-state index contributed by atoms with van der Waals surface area (Å²) >= 11 is 1.63. The number of benzene rings is 2. The van der Waals surface area contributed by atoms with Crippen molar-refractivity contribution in [3.05, 3.63) is 118 Å². The van der Waals surface area contributed by atoms with E-state index in [4.69, 9.17) is 14.1 Å². The molecule has 2 aromatic heterocycles. The molecule has 4 aromatic rings. The third-order valence-electron chi connectivity index (χ3n) is 6.40. The minimum atomic E-state index is -0.0973. The zero-order chi connectivity index (χ0) is 25.5. The van der Waals surface area contributed by atoms with Gasteiger partial charge in [-0.25, -0.2) is 4.99 Å². The number of nitrogens with zero attached hydrogens (tertiary/aromatic N) is 1. The number of allylic oxidation sites excluding steroid dienone is 1. The summed E-state index contributed by atoms with van der Waals surface area (Å²) in [4.78, 5) is 19.3. The minimum absolute atomic E-state index is 0.0973. The molecule has 6 heteroatoms. The first kappa shape index (κ1) is 24.8. The second-order valence-electron chi connectivity index (χ2n) is 9.05. The van der Waals surface area contributed by atoms with Gasteiger partial charge in [-0.1, -0.05) is 36.4 Å². The number of aryl methyl sites for hydroxylation is 1. The van der Waals surface area contributed by atoms with Gasteiger partial charge in [0, 0.05) is 11.1 Å². The van der Waals surface area contributed by atoms with Gasteiger partial charge in [-0.2, -0.15) is 0 Å². The third kappa shape index (κ3) is 6.09. The van der Waals surface area contributed by atoms with Crippen molar-refractivity contribution in [2.45, 2.75) is 45.3 Å². The number of furan rings is 1. The maximum absolute atomic E-state index is 13.2. The van der Waals surface area contributed by atoms with Crippen molar-refractivity contribution in [2.75, 3.05) is 0 Å². The Morgan fingerprint density at radius 1 is 1.11 bits per heavy atom. The van der Waals surface area contributed by atoms with Gasteiger partial charge >= 0.3 is 0 Å². The Bertz CT molecular complexity index is 1390. The number of fused-ring (bicyclic) bond motifs is 1. The van der Waals surface area contributed by atoms with Crippen LogP contribution in [0.5, 0.6) is 5.75 Å². The highest BCUT2D eigenvalue weighted by atomic mass is 32.1. The molecule has 0 saturated carbocycles. The Kier molecular flexibility index (Phi) is 7.96. The molecule has 2 aromatic carbocycles. The second-order valence-corrected chi connectivity index (χ2v) is 10.1. The van der Waals surface area contributed by atoms with Gasteiger partial charge in [0.1, 0.15) is 23.1 Å². The van der Waals surface area contributed by atoms with Crippen molar-refractivity contribution in [1.82, 2.24) is 5.32 Å². The van der Waals surface area contributed by atoms with E-state index in [0.29, 0.717) is 25.1 Å².